The first kappa shape index (κ1) is 24.2. The Morgan fingerprint density at radius 1 is 0.914 bits per heavy atom. The van der Waals surface area contributed by atoms with E-state index in [9.17, 15) is 4.79 Å². The second kappa shape index (κ2) is 11.5. The molecule has 2 aromatic rings. The Bertz CT molecular complexity index is 953. The molecule has 0 atom stereocenters. The summed E-state index contributed by atoms with van der Waals surface area (Å²) >= 11 is 0. The summed E-state index contributed by atoms with van der Waals surface area (Å²) in [7, 11) is 0. The van der Waals surface area contributed by atoms with E-state index in [0.29, 0.717) is 5.88 Å². The number of hydrogen-bond donors (Lipinski definition) is 1. The molecule has 7 nitrogen and oxygen atoms in total. The maximum atomic E-state index is 12.5. The van der Waals surface area contributed by atoms with Gasteiger partial charge in [-0.15, -0.1) is 0 Å². The molecule has 5 rings (SSSR count). The van der Waals surface area contributed by atoms with Gasteiger partial charge in [0.15, 0.2) is 0 Å². The van der Waals surface area contributed by atoms with Crippen LogP contribution in [0.5, 0.6) is 11.6 Å². The minimum absolute atomic E-state index is 0.208. The van der Waals surface area contributed by atoms with E-state index in [1.807, 2.05) is 31.2 Å². The van der Waals surface area contributed by atoms with Crippen molar-refractivity contribution in [3.63, 3.8) is 0 Å². The maximum absolute atomic E-state index is 12.5. The number of likely N-dealkylation sites (tertiary alicyclic amines) is 1. The summed E-state index contributed by atoms with van der Waals surface area (Å²) < 4.78 is 13.6. The topological polar surface area (TPSA) is 68.6 Å². The number of ether oxygens (including phenoxy) is 2. The molecular formula is C28H40N4O3. The molecule has 1 N–H and O–H groups in total. The van der Waals surface area contributed by atoms with Crippen molar-refractivity contribution in [2.24, 2.45) is 0 Å². The molecule has 0 spiro atoms. The fraction of sp³-hybridized carbons (Fsp3) is 0.643. The van der Waals surface area contributed by atoms with E-state index in [0.717, 1.165) is 74.8 Å². The lowest BCUT2D eigenvalue weighted by atomic mass is 9.92. The van der Waals surface area contributed by atoms with Crippen LogP contribution in [0.4, 0.5) is 4.79 Å². The highest BCUT2D eigenvalue weighted by atomic mass is 16.6. The summed E-state index contributed by atoms with van der Waals surface area (Å²) in [5.41, 5.74) is 1.65. The Kier molecular flexibility index (Phi) is 7.92. The van der Waals surface area contributed by atoms with Gasteiger partial charge in [-0.05, 0) is 69.7 Å². The quantitative estimate of drug-likeness (QED) is 0.568. The third-order valence-electron chi connectivity index (χ3n) is 7.87. The minimum Gasteiger partial charge on any atom is -0.490 e. The van der Waals surface area contributed by atoms with E-state index in [1.54, 1.807) is 10.7 Å². The summed E-state index contributed by atoms with van der Waals surface area (Å²) in [4.78, 5) is 15.2. The number of piperidine rings is 1. The van der Waals surface area contributed by atoms with Gasteiger partial charge in [0.25, 0.3) is 0 Å². The Hall–Kier alpha value is -2.54. The lowest BCUT2D eigenvalue weighted by Crippen LogP contribution is -2.44. The molecule has 3 fully saturated rings. The normalized spacial score (nSPS) is 21.1. The molecule has 2 aliphatic carbocycles. The molecule has 1 saturated heterocycles. The van der Waals surface area contributed by atoms with Crippen molar-refractivity contribution in [2.75, 3.05) is 13.1 Å². The number of aromatic nitrogens is 2. The Morgan fingerprint density at radius 2 is 1.57 bits per heavy atom. The van der Waals surface area contributed by atoms with Crippen LogP contribution in [-0.2, 0) is 0 Å². The van der Waals surface area contributed by atoms with E-state index in [1.165, 1.54) is 38.5 Å². The van der Waals surface area contributed by atoms with Gasteiger partial charge in [0.1, 0.15) is 11.9 Å². The Balaban J connectivity index is 1.15. The Labute approximate surface area is 209 Å². The van der Waals surface area contributed by atoms with Crippen molar-refractivity contribution in [3.8, 4) is 17.3 Å². The van der Waals surface area contributed by atoms with E-state index >= 15 is 0 Å². The van der Waals surface area contributed by atoms with Gasteiger partial charge < -0.3 is 19.7 Å². The fourth-order valence-corrected chi connectivity index (χ4v) is 5.93. The van der Waals surface area contributed by atoms with Crippen molar-refractivity contribution in [2.45, 2.75) is 102 Å². The van der Waals surface area contributed by atoms with Crippen molar-refractivity contribution in [1.82, 2.24) is 20.0 Å². The molecule has 1 amide bonds. The van der Waals surface area contributed by atoms with Gasteiger partial charge in [-0.2, -0.15) is 5.10 Å². The zero-order valence-electron chi connectivity index (χ0n) is 21.1. The monoisotopic (exact) mass is 480 g/mol. The van der Waals surface area contributed by atoms with Crippen LogP contribution in [0.25, 0.3) is 5.69 Å². The first-order chi connectivity index (χ1) is 17.1. The molecule has 1 aliphatic heterocycles. The average molecular weight is 481 g/mol. The lowest BCUT2D eigenvalue weighted by molar-refractivity contribution is 0.0631. The number of nitrogens with zero attached hydrogens (tertiary/aromatic N) is 3. The summed E-state index contributed by atoms with van der Waals surface area (Å²) in [5, 5.41) is 7.55. The SMILES string of the molecule is Cc1cc(OC(=O)NC2CCCCC2)n(-c2ccc(OC3CCN(C4CCCCC4)CC3)cc2)n1. The van der Waals surface area contributed by atoms with Crippen molar-refractivity contribution in [3.05, 3.63) is 36.0 Å². The zero-order valence-corrected chi connectivity index (χ0v) is 21.1. The molecule has 35 heavy (non-hydrogen) atoms. The van der Waals surface area contributed by atoms with Gasteiger partial charge in [-0.3, -0.25) is 0 Å². The first-order valence-electron chi connectivity index (χ1n) is 13.7. The second-order valence-electron chi connectivity index (χ2n) is 10.5. The number of benzene rings is 1. The molecule has 0 radical (unpaired) electrons. The van der Waals surface area contributed by atoms with Crippen LogP contribution < -0.4 is 14.8 Å². The largest absolute Gasteiger partial charge is 0.490 e. The number of aryl methyl sites for hydroxylation is 1. The predicted octanol–water partition coefficient (Wildman–Crippen LogP) is 5.78. The third-order valence-corrected chi connectivity index (χ3v) is 7.87. The van der Waals surface area contributed by atoms with E-state index < -0.39 is 6.09 Å². The van der Waals surface area contributed by atoms with Gasteiger partial charge in [-0.1, -0.05) is 38.5 Å². The molecule has 0 unspecified atom stereocenters. The van der Waals surface area contributed by atoms with E-state index in [4.69, 9.17) is 9.47 Å². The minimum atomic E-state index is -0.405. The number of carbonyl (C=O) groups is 1. The lowest BCUT2D eigenvalue weighted by Gasteiger charge is -2.39. The van der Waals surface area contributed by atoms with Gasteiger partial charge in [-0.25, -0.2) is 9.48 Å². The van der Waals surface area contributed by atoms with Crippen LogP contribution in [0, 0.1) is 6.92 Å². The molecule has 2 saturated carbocycles. The highest BCUT2D eigenvalue weighted by molar-refractivity contribution is 5.70. The van der Waals surface area contributed by atoms with E-state index in [-0.39, 0.29) is 12.1 Å². The van der Waals surface area contributed by atoms with Crippen molar-refractivity contribution < 1.29 is 14.3 Å². The number of rotatable bonds is 6. The Morgan fingerprint density at radius 3 is 2.26 bits per heavy atom. The molecule has 190 valence electrons. The summed E-state index contributed by atoms with van der Waals surface area (Å²) in [6, 6.07) is 10.7. The molecule has 1 aromatic heterocycles. The number of amides is 1. The van der Waals surface area contributed by atoms with Crippen LogP contribution in [0.15, 0.2) is 30.3 Å². The van der Waals surface area contributed by atoms with Crippen molar-refractivity contribution in [1.29, 1.82) is 0 Å². The number of carbonyl (C=O) groups excluding carboxylic acids is 1. The third kappa shape index (κ3) is 6.37. The highest BCUT2D eigenvalue weighted by Crippen LogP contribution is 2.28. The molecular weight excluding hydrogens is 440 g/mol. The van der Waals surface area contributed by atoms with Gasteiger partial charge >= 0.3 is 6.09 Å². The standard InChI is InChI=1S/C28H40N4O3/c1-21-20-27(35-28(33)29-22-8-4-2-5-9-22)32(30-21)24-12-14-25(15-13-24)34-26-16-18-31(19-17-26)23-10-6-3-7-11-23/h12-15,20,22-23,26H,2-11,16-19H2,1H3,(H,29,33). The van der Waals surface area contributed by atoms with Crippen LogP contribution in [-0.4, -0.2) is 52.1 Å². The average Bonchev–Trinajstić information content (AvgIpc) is 3.25. The second-order valence-corrected chi connectivity index (χ2v) is 10.5. The molecule has 7 heteroatoms. The highest BCUT2D eigenvalue weighted by Gasteiger charge is 2.27. The van der Waals surface area contributed by atoms with Gasteiger partial charge in [0.05, 0.1) is 11.4 Å². The smallest absolute Gasteiger partial charge is 0.414 e. The van der Waals surface area contributed by atoms with Crippen molar-refractivity contribution >= 4 is 6.09 Å². The summed E-state index contributed by atoms with van der Waals surface area (Å²) in [6.45, 7) is 4.19. The van der Waals surface area contributed by atoms with Crippen LogP contribution in [0.1, 0.15) is 82.7 Å². The van der Waals surface area contributed by atoms with Crippen LogP contribution in [0.2, 0.25) is 0 Å². The molecule has 1 aromatic carbocycles. The molecule has 3 aliphatic rings. The predicted molar refractivity (Wildman–Crippen MR) is 136 cm³/mol. The number of hydrogen-bond acceptors (Lipinski definition) is 5. The van der Waals surface area contributed by atoms with E-state index in [2.05, 4.69) is 15.3 Å². The van der Waals surface area contributed by atoms with Crippen LogP contribution in [0.3, 0.4) is 0 Å². The van der Waals surface area contributed by atoms with Gasteiger partial charge in [0, 0.05) is 31.2 Å². The first-order valence-corrected chi connectivity index (χ1v) is 13.7. The van der Waals surface area contributed by atoms with Gasteiger partial charge in [0.2, 0.25) is 5.88 Å². The number of nitrogens with one attached hydrogen (secondary N) is 1. The maximum Gasteiger partial charge on any atom is 0.414 e. The van der Waals surface area contributed by atoms with Crippen LogP contribution >= 0.6 is 0 Å². The fourth-order valence-electron chi connectivity index (χ4n) is 5.93. The zero-order chi connectivity index (χ0) is 24.0. The molecule has 0 bridgehead atoms. The summed E-state index contributed by atoms with van der Waals surface area (Å²) in [5.74, 6) is 1.31. The summed E-state index contributed by atoms with van der Waals surface area (Å²) in [6.07, 6.45) is 14.6. The molecule has 2 heterocycles.